The van der Waals surface area contributed by atoms with Gasteiger partial charge in [-0.3, -0.25) is 0 Å². The van der Waals surface area contributed by atoms with Crippen molar-refractivity contribution in [1.82, 2.24) is 14.5 Å². The van der Waals surface area contributed by atoms with E-state index in [0.29, 0.717) is 5.56 Å². The molecule has 0 atom stereocenters. The smallest absolute Gasteiger partial charge is 0.335 e. The first kappa shape index (κ1) is 14.5. The molecule has 1 heterocycles. The Morgan fingerprint density at radius 2 is 2.15 bits per heavy atom. The summed E-state index contributed by atoms with van der Waals surface area (Å²) in [6.45, 7) is 3.93. The largest absolute Gasteiger partial charge is 0.478 e. The molecule has 0 radical (unpaired) electrons. The van der Waals surface area contributed by atoms with E-state index in [9.17, 15) is 4.79 Å². The Kier molecular flexibility index (Phi) is 4.39. The van der Waals surface area contributed by atoms with E-state index in [1.165, 1.54) is 0 Å². The predicted octanol–water partition coefficient (Wildman–Crippen LogP) is 2.25. The van der Waals surface area contributed by atoms with Crippen LogP contribution in [0, 0.1) is 0 Å². The normalized spacial score (nSPS) is 11.4. The standard InChI is InChI=1S/C15H21N3O2/c1-4-14-16-12-7-6-11(15(19)20)10-13(12)18(14)9-5-8-17(2)3/h6-7,10H,4-5,8-9H2,1-3H3,(H,19,20). The monoisotopic (exact) mass is 275 g/mol. The van der Waals surface area contributed by atoms with Crippen molar-refractivity contribution in [3.05, 3.63) is 29.6 Å². The molecule has 5 nitrogen and oxygen atoms in total. The van der Waals surface area contributed by atoms with Crippen LogP contribution in [0.15, 0.2) is 18.2 Å². The molecule has 0 aliphatic rings. The van der Waals surface area contributed by atoms with E-state index < -0.39 is 5.97 Å². The number of imidazole rings is 1. The molecule has 0 fully saturated rings. The number of aromatic carboxylic acids is 1. The minimum absolute atomic E-state index is 0.314. The summed E-state index contributed by atoms with van der Waals surface area (Å²) < 4.78 is 2.14. The lowest BCUT2D eigenvalue weighted by molar-refractivity contribution is 0.0697. The van der Waals surface area contributed by atoms with Gasteiger partial charge in [-0.2, -0.15) is 0 Å². The molecule has 0 amide bonds. The highest BCUT2D eigenvalue weighted by molar-refractivity contribution is 5.92. The van der Waals surface area contributed by atoms with Gasteiger partial charge < -0.3 is 14.6 Å². The van der Waals surface area contributed by atoms with Gasteiger partial charge in [0.05, 0.1) is 16.6 Å². The first-order valence-electron chi connectivity index (χ1n) is 6.90. The third kappa shape index (κ3) is 2.99. The molecule has 1 aromatic carbocycles. The van der Waals surface area contributed by atoms with Gasteiger partial charge in [-0.25, -0.2) is 9.78 Å². The minimum atomic E-state index is -0.897. The molecule has 108 valence electrons. The summed E-state index contributed by atoms with van der Waals surface area (Å²) in [7, 11) is 4.10. The molecule has 1 N–H and O–H groups in total. The molecule has 0 bridgehead atoms. The lowest BCUT2D eigenvalue weighted by Gasteiger charge is -2.12. The van der Waals surface area contributed by atoms with E-state index in [2.05, 4.69) is 35.5 Å². The molecule has 0 saturated heterocycles. The molecule has 2 aromatic rings. The highest BCUT2D eigenvalue weighted by Crippen LogP contribution is 2.19. The van der Waals surface area contributed by atoms with Crippen LogP contribution in [0.4, 0.5) is 0 Å². The summed E-state index contributed by atoms with van der Waals surface area (Å²) in [5, 5.41) is 9.11. The van der Waals surface area contributed by atoms with E-state index in [1.54, 1.807) is 18.2 Å². The van der Waals surface area contributed by atoms with E-state index in [1.807, 2.05) is 0 Å². The van der Waals surface area contributed by atoms with Gasteiger partial charge in [-0.1, -0.05) is 6.92 Å². The number of carboxylic acids is 1. The van der Waals surface area contributed by atoms with Crippen LogP contribution in [0.2, 0.25) is 0 Å². The highest BCUT2D eigenvalue weighted by Gasteiger charge is 2.12. The number of carboxylic acid groups (broad SMARTS) is 1. The number of hydrogen-bond acceptors (Lipinski definition) is 3. The van der Waals surface area contributed by atoms with Crippen LogP contribution in [0.1, 0.15) is 29.5 Å². The van der Waals surface area contributed by atoms with Gasteiger partial charge in [0, 0.05) is 13.0 Å². The number of benzene rings is 1. The van der Waals surface area contributed by atoms with Gasteiger partial charge in [0.2, 0.25) is 0 Å². The summed E-state index contributed by atoms with van der Waals surface area (Å²) >= 11 is 0. The van der Waals surface area contributed by atoms with Crippen molar-refractivity contribution in [3.8, 4) is 0 Å². The molecular formula is C15H21N3O2. The van der Waals surface area contributed by atoms with Crippen LogP contribution >= 0.6 is 0 Å². The zero-order chi connectivity index (χ0) is 14.7. The second kappa shape index (κ2) is 6.05. The number of fused-ring (bicyclic) bond motifs is 1. The summed E-state index contributed by atoms with van der Waals surface area (Å²) in [4.78, 5) is 17.8. The molecule has 5 heteroatoms. The van der Waals surface area contributed by atoms with Crippen molar-refractivity contribution in [2.75, 3.05) is 20.6 Å². The van der Waals surface area contributed by atoms with Crippen molar-refractivity contribution in [1.29, 1.82) is 0 Å². The van der Waals surface area contributed by atoms with E-state index >= 15 is 0 Å². The van der Waals surface area contributed by atoms with Crippen LogP contribution in [0.5, 0.6) is 0 Å². The summed E-state index contributed by atoms with van der Waals surface area (Å²) in [6.07, 6.45) is 1.86. The number of carbonyl (C=O) groups is 1. The number of nitrogens with zero attached hydrogens (tertiary/aromatic N) is 3. The van der Waals surface area contributed by atoms with Gasteiger partial charge in [0.15, 0.2) is 0 Å². The number of aromatic nitrogens is 2. The zero-order valence-electron chi connectivity index (χ0n) is 12.3. The summed E-state index contributed by atoms with van der Waals surface area (Å²) in [5.41, 5.74) is 2.10. The predicted molar refractivity (Wildman–Crippen MR) is 79.2 cm³/mol. The first-order valence-corrected chi connectivity index (χ1v) is 6.90. The van der Waals surface area contributed by atoms with Crippen molar-refractivity contribution in [2.45, 2.75) is 26.3 Å². The Bertz CT molecular complexity index is 617. The third-order valence-electron chi connectivity index (χ3n) is 3.38. The number of aryl methyl sites for hydroxylation is 2. The van der Waals surface area contributed by atoms with Gasteiger partial charge in [0.1, 0.15) is 5.82 Å². The topological polar surface area (TPSA) is 58.4 Å². The molecule has 1 aromatic heterocycles. The second-order valence-electron chi connectivity index (χ2n) is 5.20. The number of hydrogen-bond donors (Lipinski definition) is 1. The van der Waals surface area contributed by atoms with E-state index in [0.717, 1.165) is 42.8 Å². The quantitative estimate of drug-likeness (QED) is 0.878. The minimum Gasteiger partial charge on any atom is -0.478 e. The van der Waals surface area contributed by atoms with Crippen LogP contribution < -0.4 is 0 Å². The molecule has 0 saturated carbocycles. The summed E-state index contributed by atoms with van der Waals surface area (Å²) in [6, 6.07) is 5.13. The SMILES string of the molecule is CCc1nc2ccc(C(=O)O)cc2n1CCCN(C)C. The molecule has 0 aliphatic heterocycles. The van der Waals surface area contributed by atoms with Crippen molar-refractivity contribution in [3.63, 3.8) is 0 Å². The third-order valence-corrected chi connectivity index (χ3v) is 3.38. The van der Waals surface area contributed by atoms with E-state index in [-0.39, 0.29) is 0 Å². The zero-order valence-corrected chi connectivity index (χ0v) is 12.3. The van der Waals surface area contributed by atoms with Crippen LogP contribution in [-0.4, -0.2) is 46.2 Å². The van der Waals surface area contributed by atoms with E-state index in [4.69, 9.17) is 5.11 Å². The average molecular weight is 275 g/mol. The second-order valence-corrected chi connectivity index (χ2v) is 5.20. The van der Waals surface area contributed by atoms with Crippen LogP contribution in [0.3, 0.4) is 0 Å². The fraction of sp³-hybridized carbons (Fsp3) is 0.467. The van der Waals surface area contributed by atoms with Gasteiger partial charge in [-0.05, 0) is 45.3 Å². The number of rotatable bonds is 6. The highest BCUT2D eigenvalue weighted by atomic mass is 16.4. The van der Waals surface area contributed by atoms with Crippen molar-refractivity contribution < 1.29 is 9.90 Å². The van der Waals surface area contributed by atoms with Crippen LogP contribution in [-0.2, 0) is 13.0 Å². The maximum Gasteiger partial charge on any atom is 0.335 e. The fourth-order valence-electron chi connectivity index (χ4n) is 2.37. The molecule has 0 unspecified atom stereocenters. The first-order chi connectivity index (χ1) is 9.52. The Labute approximate surface area is 118 Å². The van der Waals surface area contributed by atoms with Gasteiger partial charge >= 0.3 is 5.97 Å². The van der Waals surface area contributed by atoms with Crippen molar-refractivity contribution >= 4 is 17.0 Å². The Hall–Kier alpha value is -1.88. The summed E-state index contributed by atoms with van der Waals surface area (Å²) in [5.74, 6) is 0.118. The maximum absolute atomic E-state index is 11.1. The molecule has 0 aliphatic carbocycles. The lowest BCUT2D eigenvalue weighted by Crippen LogP contribution is -2.15. The lowest BCUT2D eigenvalue weighted by atomic mass is 10.2. The Balaban J connectivity index is 2.37. The molecule has 2 rings (SSSR count). The van der Waals surface area contributed by atoms with Gasteiger partial charge in [-0.15, -0.1) is 0 Å². The Morgan fingerprint density at radius 1 is 1.40 bits per heavy atom. The average Bonchev–Trinajstić information content (AvgIpc) is 2.75. The van der Waals surface area contributed by atoms with Crippen LogP contribution in [0.25, 0.3) is 11.0 Å². The molecule has 20 heavy (non-hydrogen) atoms. The molecule has 0 spiro atoms. The molecular weight excluding hydrogens is 254 g/mol. The maximum atomic E-state index is 11.1. The fourth-order valence-corrected chi connectivity index (χ4v) is 2.37. The van der Waals surface area contributed by atoms with Gasteiger partial charge in [0.25, 0.3) is 0 Å². The van der Waals surface area contributed by atoms with Crippen molar-refractivity contribution in [2.24, 2.45) is 0 Å². The Morgan fingerprint density at radius 3 is 2.75 bits per heavy atom.